The van der Waals surface area contributed by atoms with Gasteiger partial charge < -0.3 is 14.8 Å². The molecule has 0 radical (unpaired) electrons. The van der Waals surface area contributed by atoms with Crippen LogP contribution in [0.5, 0.6) is 5.88 Å². The van der Waals surface area contributed by atoms with Crippen LogP contribution in [-0.2, 0) is 4.74 Å². The fourth-order valence-corrected chi connectivity index (χ4v) is 1.28. The number of methoxy groups -OCH3 is 1. The summed E-state index contributed by atoms with van der Waals surface area (Å²) in [5, 5.41) is 3.11. The molecular formula is C12H21N3O2. The lowest BCUT2D eigenvalue weighted by Crippen LogP contribution is -2.14. The highest BCUT2D eigenvalue weighted by molar-refractivity contribution is 5.30. The van der Waals surface area contributed by atoms with E-state index in [9.17, 15) is 0 Å². The fourth-order valence-electron chi connectivity index (χ4n) is 1.28. The molecule has 0 unspecified atom stereocenters. The van der Waals surface area contributed by atoms with Gasteiger partial charge in [0.15, 0.2) is 0 Å². The van der Waals surface area contributed by atoms with Gasteiger partial charge in [0.05, 0.1) is 13.7 Å². The number of hydrogen-bond acceptors (Lipinski definition) is 5. The second kappa shape index (κ2) is 7.06. The van der Waals surface area contributed by atoms with Gasteiger partial charge in [-0.15, -0.1) is 0 Å². The van der Waals surface area contributed by atoms with Gasteiger partial charge in [0.1, 0.15) is 0 Å². The van der Waals surface area contributed by atoms with Crippen LogP contribution >= 0.6 is 0 Å². The summed E-state index contributed by atoms with van der Waals surface area (Å²) >= 11 is 0. The van der Waals surface area contributed by atoms with E-state index in [-0.39, 0.29) is 0 Å². The van der Waals surface area contributed by atoms with Gasteiger partial charge in [-0.1, -0.05) is 13.8 Å². The average molecular weight is 239 g/mol. The van der Waals surface area contributed by atoms with E-state index in [1.807, 2.05) is 6.92 Å². The molecule has 0 aliphatic heterocycles. The Morgan fingerprint density at radius 1 is 1.35 bits per heavy atom. The van der Waals surface area contributed by atoms with E-state index in [1.165, 1.54) is 0 Å². The van der Waals surface area contributed by atoms with E-state index in [4.69, 9.17) is 9.47 Å². The van der Waals surface area contributed by atoms with Crippen LogP contribution in [0.3, 0.4) is 0 Å². The lowest BCUT2D eigenvalue weighted by Gasteiger charge is -2.09. The first-order valence-corrected chi connectivity index (χ1v) is 5.83. The van der Waals surface area contributed by atoms with Crippen molar-refractivity contribution in [3.8, 4) is 5.88 Å². The normalized spacial score (nSPS) is 10.6. The lowest BCUT2D eigenvalue weighted by atomic mass is 10.2. The molecule has 0 saturated heterocycles. The molecule has 0 spiro atoms. The summed E-state index contributed by atoms with van der Waals surface area (Å²) < 4.78 is 10.5. The Kier molecular flexibility index (Phi) is 5.69. The Morgan fingerprint density at radius 2 is 2.12 bits per heavy atom. The molecule has 1 aromatic heterocycles. The van der Waals surface area contributed by atoms with Crippen LogP contribution in [0.2, 0.25) is 0 Å². The van der Waals surface area contributed by atoms with Crippen molar-refractivity contribution in [2.45, 2.75) is 20.8 Å². The largest absolute Gasteiger partial charge is 0.481 e. The number of nitrogens with zero attached hydrogens (tertiary/aromatic N) is 2. The van der Waals surface area contributed by atoms with Crippen molar-refractivity contribution >= 4 is 5.95 Å². The van der Waals surface area contributed by atoms with Crippen molar-refractivity contribution in [1.82, 2.24) is 9.97 Å². The van der Waals surface area contributed by atoms with Gasteiger partial charge in [0, 0.05) is 24.9 Å². The maximum Gasteiger partial charge on any atom is 0.226 e. The number of nitrogens with one attached hydrogen (secondary N) is 1. The quantitative estimate of drug-likeness (QED) is 0.736. The van der Waals surface area contributed by atoms with E-state index in [2.05, 4.69) is 29.1 Å². The van der Waals surface area contributed by atoms with Gasteiger partial charge in [0.2, 0.25) is 11.8 Å². The van der Waals surface area contributed by atoms with Gasteiger partial charge in [-0.25, -0.2) is 4.98 Å². The fraction of sp³-hybridized carbons (Fsp3) is 0.667. The highest BCUT2D eigenvalue weighted by Gasteiger charge is 2.01. The zero-order valence-electron chi connectivity index (χ0n) is 11.0. The number of rotatable bonds is 7. The maximum atomic E-state index is 5.45. The van der Waals surface area contributed by atoms with E-state index in [0.717, 1.165) is 12.3 Å². The molecule has 0 fully saturated rings. The summed E-state index contributed by atoms with van der Waals surface area (Å²) in [4.78, 5) is 8.44. The molecule has 0 aliphatic carbocycles. The topological polar surface area (TPSA) is 56.3 Å². The maximum absolute atomic E-state index is 5.45. The van der Waals surface area contributed by atoms with Crippen LogP contribution in [-0.4, -0.2) is 36.8 Å². The van der Waals surface area contributed by atoms with Gasteiger partial charge in [0.25, 0.3) is 0 Å². The number of aryl methyl sites for hydroxylation is 1. The van der Waals surface area contributed by atoms with E-state index >= 15 is 0 Å². The van der Waals surface area contributed by atoms with Crippen molar-refractivity contribution in [3.05, 3.63) is 11.8 Å². The molecule has 1 heterocycles. The molecule has 17 heavy (non-hydrogen) atoms. The summed E-state index contributed by atoms with van der Waals surface area (Å²) in [6, 6.07) is 1.79. The minimum atomic E-state index is 0.560. The van der Waals surface area contributed by atoms with Gasteiger partial charge >= 0.3 is 0 Å². The van der Waals surface area contributed by atoms with Gasteiger partial charge in [-0.2, -0.15) is 4.98 Å². The van der Waals surface area contributed by atoms with Crippen molar-refractivity contribution in [1.29, 1.82) is 0 Å². The smallest absolute Gasteiger partial charge is 0.226 e. The summed E-state index contributed by atoms with van der Waals surface area (Å²) in [7, 11) is 1.59. The summed E-state index contributed by atoms with van der Waals surface area (Å²) in [6.07, 6.45) is 0. The molecule has 0 aliphatic rings. The number of aromatic nitrogens is 2. The molecule has 0 saturated carbocycles. The predicted octanol–water partition coefficient (Wildman–Crippen LogP) is 1.88. The second-order valence-corrected chi connectivity index (χ2v) is 4.27. The Labute approximate surface area is 103 Å². The zero-order valence-corrected chi connectivity index (χ0v) is 11.0. The van der Waals surface area contributed by atoms with E-state index in [0.29, 0.717) is 30.9 Å². The average Bonchev–Trinajstić information content (AvgIpc) is 2.27. The molecule has 0 aromatic carbocycles. The van der Waals surface area contributed by atoms with Crippen molar-refractivity contribution in [2.75, 3.05) is 32.2 Å². The molecule has 5 heteroatoms. The van der Waals surface area contributed by atoms with Gasteiger partial charge in [-0.3, -0.25) is 0 Å². The number of hydrogen-bond donors (Lipinski definition) is 1. The van der Waals surface area contributed by atoms with Crippen LogP contribution in [0.4, 0.5) is 5.95 Å². The molecule has 1 N–H and O–H groups in total. The third-order valence-electron chi connectivity index (χ3n) is 2.02. The Bertz CT molecular complexity index is 343. The first-order valence-electron chi connectivity index (χ1n) is 5.83. The predicted molar refractivity (Wildman–Crippen MR) is 67.5 cm³/mol. The molecular weight excluding hydrogens is 218 g/mol. The minimum Gasteiger partial charge on any atom is -0.481 e. The molecule has 1 rings (SSSR count). The molecule has 0 atom stereocenters. The summed E-state index contributed by atoms with van der Waals surface area (Å²) in [6.45, 7) is 8.28. The number of ether oxygens (including phenoxy) is 2. The van der Waals surface area contributed by atoms with E-state index < -0.39 is 0 Å². The van der Waals surface area contributed by atoms with Crippen LogP contribution in [0.15, 0.2) is 6.07 Å². The van der Waals surface area contributed by atoms with Crippen LogP contribution < -0.4 is 10.1 Å². The third-order valence-corrected chi connectivity index (χ3v) is 2.02. The minimum absolute atomic E-state index is 0.560. The Morgan fingerprint density at radius 3 is 2.76 bits per heavy atom. The second-order valence-electron chi connectivity index (χ2n) is 4.27. The molecule has 0 bridgehead atoms. The van der Waals surface area contributed by atoms with Crippen molar-refractivity contribution in [3.63, 3.8) is 0 Å². The van der Waals surface area contributed by atoms with Crippen LogP contribution in [0.25, 0.3) is 0 Å². The zero-order chi connectivity index (χ0) is 12.7. The monoisotopic (exact) mass is 239 g/mol. The molecule has 96 valence electrons. The van der Waals surface area contributed by atoms with E-state index in [1.54, 1.807) is 13.2 Å². The standard InChI is InChI=1S/C12H21N3O2/c1-9(2)8-17-6-5-13-12-14-10(3)7-11(15-12)16-4/h7,9H,5-6,8H2,1-4H3,(H,13,14,15). The highest BCUT2D eigenvalue weighted by atomic mass is 16.5. The lowest BCUT2D eigenvalue weighted by molar-refractivity contribution is 0.118. The Balaban J connectivity index is 2.33. The summed E-state index contributed by atoms with van der Waals surface area (Å²) in [5.74, 6) is 1.71. The molecule has 1 aromatic rings. The SMILES string of the molecule is COc1cc(C)nc(NCCOCC(C)C)n1. The van der Waals surface area contributed by atoms with Crippen molar-refractivity contribution < 1.29 is 9.47 Å². The third kappa shape index (κ3) is 5.49. The van der Waals surface area contributed by atoms with Crippen LogP contribution in [0, 0.1) is 12.8 Å². The highest BCUT2D eigenvalue weighted by Crippen LogP contribution is 2.10. The van der Waals surface area contributed by atoms with Gasteiger partial charge in [-0.05, 0) is 12.8 Å². The number of anilines is 1. The summed E-state index contributed by atoms with van der Waals surface area (Å²) in [5.41, 5.74) is 0.877. The molecule has 0 amide bonds. The van der Waals surface area contributed by atoms with Crippen molar-refractivity contribution in [2.24, 2.45) is 5.92 Å². The molecule has 5 nitrogen and oxygen atoms in total. The van der Waals surface area contributed by atoms with Crippen LogP contribution in [0.1, 0.15) is 19.5 Å². The first-order chi connectivity index (χ1) is 8.11. The first kappa shape index (κ1) is 13.7. The Hall–Kier alpha value is -1.36.